The lowest BCUT2D eigenvalue weighted by Gasteiger charge is -2.47. The maximum atomic E-state index is 6.60. The van der Waals surface area contributed by atoms with Crippen LogP contribution in [0.4, 0.5) is 0 Å². The van der Waals surface area contributed by atoms with Gasteiger partial charge in [-0.3, -0.25) is 4.90 Å². The van der Waals surface area contributed by atoms with Crippen molar-refractivity contribution in [1.29, 1.82) is 0 Å². The van der Waals surface area contributed by atoms with Crippen molar-refractivity contribution < 1.29 is 4.74 Å². The topological polar surface area (TPSA) is 51.4 Å². The number of nitrogens with two attached hydrogens (primary N) is 1. The van der Waals surface area contributed by atoms with E-state index in [1.807, 2.05) is 6.20 Å². The zero-order chi connectivity index (χ0) is 15.3. The molecule has 0 bridgehead atoms. The molecular weight excluding hydrogens is 262 g/mol. The second-order valence-corrected chi connectivity index (χ2v) is 7.60. The zero-order valence-corrected chi connectivity index (χ0v) is 13.6. The molecule has 2 aliphatic rings. The predicted molar refractivity (Wildman–Crippen MR) is 84.4 cm³/mol. The number of aromatic nitrogens is 1. The van der Waals surface area contributed by atoms with E-state index in [1.54, 1.807) is 7.11 Å². The van der Waals surface area contributed by atoms with Gasteiger partial charge in [0, 0.05) is 23.8 Å². The van der Waals surface area contributed by atoms with Gasteiger partial charge < -0.3 is 10.5 Å². The molecule has 1 aliphatic heterocycles. The van der Waals surface area contributed by atoms with Crippen LogP contribution in [0.5, 0.6) is 5.88 Å². The fraction of sp³-hybridized carbons (Fsp3) is 0.706. The minimum absolute atomic E-state index is 0.119. The number of ether oxygens (including phenoxy) is 1. The highest BCUT2D eigenvalue weighted by atomic mass is 16.5. The highest BCUT2D eigenvalue weighted by molar-refractivity contribution is 5.39. The van der Waals surface area contributed by atoms with Gasteiger partial charge in [0.05, 0.1) is 7.11 Å². The Morgan fingerprint density at radius 3 is 2.57 bits per heavy atom. The van der Waals surface area contributed by atoms with Gasteiger partial charge in [-0.15, -0.1) is 0 Å². The van der Waals surface area contributed by atoms with E-state index in [2.05, 4.69) is 36.7 Å². The summed E-state index contributed by atoms with van der Waals surface area (Å²) in [4.78, 5) is 6.92. The van der Waals surface area contributed by atoms with E-state index in [9.17, 15) is 0 Å². The van der Waals surface area contributed by atoms with Crippen LogP contribution in [0.25, 0.3) is 0 Å². The summed E-state index contributed by atoms with van der Waals surface area (Å²) in [6.07, 6.45) is 5.33. The van der Waals surface area contributed by atoms with Gasteiger partial charge in [-0.05, 0) is 69.7 Å². The smallest absolute Gasteiger partial charge is 0.213 e. The standard InChI is InChI=1S/C17H27N3O/c1-16(2,3)20-7-5-17(6-8-20)10-12-9-14(21-4)19-11-13(12)15(17)18/h9,11,15H,5-8,10,18H2,1-4H3/t15-/m1/s1. The molecule has 21 heavy (non-hydrogen) atoms. The van der Waals surface area contributed by atoms with Crippen LogP contribution >= 0.6 is 0 Å². The number of rotatable bonds is 1. The molecule has 3 rings (SSSR count). The Bertz CT molecular complexity index is 527. The third kappa shape index (κ3) is 2.44. The van der Waals surface area contributed by atoms with E-state index in [4.69, 9.17) is 10.5 Å². The summed E-state index contributed by atoms with van der Waals surface area (Å²) in [5, 5.41) is 0. The molecule has 1 aromatic rings. The van der Waals surface area contributed by atoms with Gasteiger partial charge in [0.25, 0.3) is 0 Å². The Kier molecular flexibility index (Phi) is 3.49. The molecule has 0 unspecified atom stereocenters. The molecule has 0 saturated carbocycles. The molecule has 0 radical (unpaired) electrons. The molecule has 116 valence electrons. The number of nitrogens with zero attached hydrogens (tertiary/aromatic N) is 2. The van der Waals surface area contributed by atoms with Crippen molar-refractivity contribution in [2.45, 2.75) is 51.6 Å². The van der Waals surface area contributed by atoms with Gasteiger partial charge in [-0.1, -0.05) is 0 Å². The van der Waals surface area contributed by atoms with Crippen molar-refractivity contribution in [2.75, 3.05) is 20.2 Å². The van der Waals surface area contributed by atoms with Crippen molar-refractivity contribution in [2.24, 2.45) is 11.1 Å². The normalized spacial score (nSPS) is 25.1. The Morgan fingerprint density at radius 1 is 1.33 bits per heavy atom. The Labute approximate surface area is 127 Å². The molecule has 2 N–H and O–H groups in total. The van der Waals surface area contributed by atoms with Gasteiger partial charge >= 0.3 is 0 Å². The van der Waals surface area contributed by atoms with Crippen LogP contribution in [0.3, 0.4) is 0 Å². The highest BCUT2D eigenvalue weighted by Gasteiger charge is 2.47. The molecular formula is C17H27N3O. The lowest BCUT2D eigenvalue weighted by Crippen LogP contribution is -2.50. The molecule has 0 aromatic carbocycles. The maximum Gasteiger partial charge on any atom is 0.213 e. The number of piperidine rings is 1. The molecule has 4 heteroatoms. The fourth-order valence-corrected chi connectivity index (χ4v) is 3.96. The summed E-state index contributed by atoms with van der Waals surface area (Å²) in [7, 11) is 1.67. The number of fused-ring (bicyclic) bond motifs is 1. The monoisotopic (exact) mass is 289 g/mol. The van der Waals surface area contributed by atoms with Crippen LogP contribution in [0.1, 0.15) is 50.8 Å². The first-order chi connectivity index (χ1) is 9.86. The number of hydrogen-bond acceptors (Lipinski definition) is 4. The second-order valence-electron chi connectivity index (χ2n) is 7.60. The lowest BCUT2D eigenvalue weighted by atomic mass is 9.72. The van der Waals surface area contributed by atoms with Gasteiger partial charge in [-0.2, -0.15) is 0 Å². The highest BCUT2D eigenvalue weighted by Crippen LogP contribution is 2.51. The minimum atomic E-state index is 0.119. The minimum Gasteiger partial charge on any atom is -0.481 e. The van der Waals surface area contributed by atoms with Crippen LogP contribution < -0.4 is 10.5 Å². The molecule has 1 saturated heterocycles. The predicted octanol–water partition coefficient (Wildman–Crippen LogP) is 2.53. The van der Waals surface area contributed by atoms with Crippen molar-refractivity contribution in [3.8, 4) is 5.88 Å². The van der Waals surface area contributed by atoms with Crippen molar-refractivity contribution >= 4 is 0 Å². The van der Waals surface area contributed by atoms with Gasteiger partial charge in [0.15, 0.2) is 0 Å². The quantitative estimate of drug-likeness (QED) is 0.863. The number of pyridine rings is 1. The number of likely N-dealkylation sites (tertiary alicyclic amines) is 1. The van der Waals surface area contributed by atoms with Gasteiger partial charge in [0.2, 0.25) is 5.88 Å². The van der Waals surface area contributed by atoms with E-state index in [0.29, 0.717) is 5.88 Å². The largest absolute Gasteiger partial charge is 0.481 e. The first-order valence-corrected chi connectivity index (χ1v) is 7.89. The average Bonchev–Trinajstić information content (AvgIpc) is 2.70. The van der Waals surface area contributed by atoms with Crippen molar-refractivity contribution in [3.63, 3.8) is 0 Å². The Balaban J connectivity index is 1.80. The summed E-state index contributed by atoms with van der Waals surface area (Å²) in [6.45, 7) is 9.15. The van der Waals surface area contributed by atoms with Crippen molar-refractivity contribution in [1.82, 2.24) is 9.88 Å². The van der Waals surface area contributed by atoms with Crippen LogP contribution in [0.15, 0.2) is 12.3 Å². The van der Waals surface area contributed by atoms with E-state index in [-0.39, 0.29) is 17.0 Å². The Hall–Kier alpha value is -1.13. The first-order valence-electron chi connectivity index (χ1n) is 7.89. The molecule has 1 atom stereocenters. The summed E-state index contributed by atoms with van der Waals surface area (Å²) in [6, 6.07) is 2.19. The molecule has 4 nitrogen and oxygen atoms in total. The summed E-state index contributed by atoms with van der Waals surface area (Å²) >= 11 is 0. The van der Waals surface area contributed by atoms with Gasteiger partial charge in [-0.25, -0.2) is 4.98 Å². The number of hydrogen-bond donors (Lipinski definition) is 1. The molecule has 2 heterocycles. The van der Waals surface area contributed by atoms with Crippen LogP contribution in [-0.2, 0) is 6.42 Å². The van der Waals surface area contributed by atoms with E-state index in [1.165, 1.54) is 24.0 Å². The molecule has 1 aliphatic carbocycles. The summed E-state index contributed by atoms with van der Waals surface area (Å²) < 4.78 is 5.25. The van der Waals surface area contributed by atoms with Gasteiger partial charge in [0.1, 0.15) is 0 Å². The third-order valence-corrected chi connectivity index (χ3v) is 5.45. The first kappa shape index (κ1) is 14.8. The zero-order valence-electron chi connectivity index (χ0n) is 13.6. The summed E-state index contributed by atoms with van der Waals surface area (Å²) in [5.41, 5.74) is 9.63. The summed E-state index contributed by atoms with van der Waals surface area (Å²) in [5.74, 6) is 0.699. The fourth-order valence-electron chi connectivity index (χ4n) is 3.96. The molecule has 0 amide bonds. The van der Waals surface area contributed by atoms with Crippen LogP contribution in [0, 0.1) is 5.41 Å². The Morgan fingerprint density at radius 2 is 2.00 bits per heavy atom. The third-order valence-electron chi connectivity index (χ3n) is 5.45. The van der Waals surface area contributed by atoms with E-state index in [0.717, 1.165) is 19.5 Å². The van der Waals surface area contributed by atoms with Crippen molar-refractivity contribution in [3.05, 3.63) is 23.4 Å². The van der Waals surface area contributed by atoms with Crippen LogP contribution in [-0.4, -0.2) is 35.6 Å². The van der Waals surface area contributed by atoms with E-state index < -0.39 is 0 Å². The average molecular weight is 289 g/mol. The number of methoxy groups -OCH3 is 1. The SMILES string of the molecule is COc1cc2c(cn1)[C@@H](N)C1(CCN(C(C)(C)C)CC1)C2. The van der Waals surface area contributed by atoms with E-state index >= 15 is 0 Å². The molecule has 1 aromatic heterocycles. The van der Waals surface area contributed by atoms with Crippen LogP contribution in [0.2, 0.25) is 0 Å². The molecule has 1 spiro atoms. The maximum absolute atomic E-state index is 6.60. The molecule has 1 fully saturated rings. The second kappa shape index (κ2) is 4.96. The lowest BCUT2D eigenvalue weighted by molar-refractivity contribution is 0.0345.